The van der Waals surface area contributed by atoms with Crippen LogP contribution in [0.1, 0.15) is 84.2 Å². The van der Waals surface area contributed by atoms with Crippen LogP contribution in [0.3, 0.4) is 0 Å². The smallest absolute Gasteiger partial charge is 0.150 e. The number of nitrogens with zero attached hydrogens (tertiary/aromatic N) is 2. The van der Waals surface area contributed by atoms with Gasteiger partial charge in [0.05, 0.1) is 11.9 Å². The number of rotatable bonds is 5. The predicted octanol–water partition coefficient (Wildman–Crippen LogP) is 4.59. The van der Waals surface area contributed by atoms with Gasteiger partial charge < -0.3 is 10.1 Å². The van der Waals surface area contributed by atoms with Crippen LogP contribution in [-0.4, -0.2) is 22.6 Å². The molecule has 124 valence electrons. The van der Waals surface area contributed by atoms with Gasteiger partial charge in [0.2, 0.25) is 0 Å². The molecule has 1 aromatic rings. The second-order valence-electron chi connectivity index (χ2n) is 8.05. The second-order valence-corrected chi connectivity index (χ2v) is 8.05. The van der Waals surface area contributed by atoms with Gasteiger partial charge in [0.15, 0.2) is 0 Å². The number of aromatic nitrogens is 2. The molecular formula is C18H31N3O. The lowest BCUT2D eigenvalue weighted by Gasteiger charge is -2.34. The summed E-state index contributed by atoms with van der Waals surface area (Å²) < 4.78 is 8.11. The van der Waals surface area contributed by atoms with Crippen molar-refractivity contribution in [3.63, 3.8) is 0 Å². The van der Waals surface area contributed by atoms with Crippen LogP contribution in [0.5, 0.6) is 0 Å². The Kier molecular flexibility index (Phi) is 5.10. The Bertz CT molecular complexity index is 505. The molecule has 2 rings (SSSR count). The fourth-order valence-corrected chi connectivity index (χ4v) is 3.27. The molecular weight excluding hydrogens is 274 g/mol. The van der Waals surface area contributed by atoms with Crippen molar-refractivity contribution in [1.82, 2.24) is 9.78 Å². The van der Waals surface area contributed by atoms with Gasteiger partial charge in [-0.15, -0.1) is 0 Å². The highest BCUT2D eigenvalue weighted by Crippen LogP contribution is 2.39. The lowest BCUT2D eigenvalue weighted by molar-refractivity contribution is -0.0428. The molecule has 4 nitrogen and oxygen atoms in total. The molecule has 0 amide bonds. The number of nitrogens with one attached hydrogen (secondary N) is 1. The maximum Gasteiger partial charge on any atom is 0.150 e. The Hall–Kier alpha value is -1.16. The van der Waals surface area contributed by atoms with Gasteiger partial charge in [0.25, 0.3) is 0 Å². The van der Waals surface area contributed by atoms with E-state index in [1.165, 1.54) is 23.9 Å². The molecule has 0 radical (unpaired) electrons. The van der Waals surface area contributed by atoms with Crippen molar-refractivity contribution in [3.8, 4) is 0 Å². The predicted molar refractivity (Wildman–Crippen MR) is 90.8 cm³/mol. The van der Waals surface area contributed by atoms with Gasteiger partial charge >= 0.3 is 0 Å². The SMILES string of the molecule is CC(C)(C)c1cnn(C2CCCCO2)c1C(C)(C)CCC=N. The highest BCUT2D eigenvalue weighted by Gasteiger charge is 2.34. The van der Waals surface area contributed by atoms with Gasteiger partial charge in [-0.1, -0.05) is 34.6 Å². The first-order valence-corrected chi connectivity index (χ1v) is 8.46. The van der Waals surface area contributed by atoms with Crippen molar-refractivity contribution in [3.05, 3.63) is 17.5 Å². The Labute approximate surface area is 134 Å². The van der Waals surface area contributed by atoms with Crippen molar-refractivity contribution in [1.29, 1.82) is 5.41 Å². The molecule has 1 atom stereocenters. The van der Waals surface area contributed by atoms with Crippen LogP contribution in [0.4, 0.5) is 0 Å². The average molecular weight is 305 g/mol. The average Bonchev–Trinajstić information content (AvgIpc) is 2.92. The maximum atomic E-state index is 7.36. The van der Waals surface area contributed by atoms with Crippen LogP contribution in [0, 0.1) is 5.41 Å². The van der Waals surface area contributed by atoms with Gasteiger partial charge in [0, 0.05) is 12.0 Å². The molecule has 1 fully saturated rings. The van der Waals surface area contributed by atoms with E-state index in [0.29, 0.717) is 0 Å². The van der Waals surface area contributed by atoms with Crippen molar-refractivity contribution in [2.45, 2.75) is 83.8 Å². The normalized spacial score (nSPS) is 20.1. The first kappa shape index (κ1) is 17.2. The third-order valence-electron chi connectivity index (χ3n) is 4.59. The molecule has 0 aromatic carbocycles. The molecule has 1 unspecified atom stereocenters. The summed E-state index contributed by atoms with van der Waals surface area (Å²) in [5.41, 5.74) is 2.63. The van der Waals surface area contributed by atoms with Gasteiger partial charge in [-0.25, -0.2) is 4.68 Å². The van der Waals surface area contributed by atoms with Crippen molar-refractivity contribution in [2.24, 2.45) is 0 Å². The van der Waals surface area contributed by atoms with Crippen LogP contribution in [0.2, 0.25) is 0 Å². The van der Waals surface area contributed by atoms with E-state index >= 15 is 0 Å². The van der Waals surface area contributed by atoms with E-state index in [1.54, 1.807) is 0 Å². The minimum atomic E-state index is -0.0164. The van der Waals surface area contributed by atoms with Crippen molar-refractivity contribution in [2.75, 3.05) is 6.61 Å². The molecule has 1 N–H and O–H groups in total. The lowest BCUT2D eigenvalue weighted by Crippen LogP contribution is -2.30. The van der Waals surface area contributed by atoms with E-state index in [4.69, 9.17) is 15.2 Å². The van der Waals surface area contributed by atoms with Crippen molar-refractivity contribution >= 4 is 6.21 Å². The highest BCUT2D eigenvalue weighted by molar-refractivity contribution is 5.53. The number of hydrogen-bond acceptors (Lipinski definition) is 3. The molecule has 4 heteroatoms. The Morgan fingerprint density at radius 1 is 1.32 bits per heavy atom. The summed E-state index contributed by atoms with van der Waals surface area (Å²) in [5, 5.41) is 12.1. The standard InChI is InChI=1S/C18H31N3O/c1-17(2,3)14-13-20-21(15-9-6-7-12-22-15)16(14)18(4,5)10-8-11-19/h11,13,15,19H,6-10,12H2,1-5H3. The minimum Gasteiger partial charge on any atom is -0.357 e. The van der Waals surface area contributed by atoms with E-state index in [0.717, 1.165) is 32.3 Å². The summed E-state index contributed by atoms with van der Waals surface area (Å²) in [5.74, 6) is 0. The van der Waals surface area contributed by atoms with Crippen molar-refractivity contribution < 1.29 is 4.74 Å². The zero-order valence-corrected chi connectivity index (χ0v) is 14.8. The van der Waals surface area contributed by atoms with E-state index < -0.39 is 0 Å². The maximum absolute atomic E-state index is 7.36. The first-order chi connectivity index (χ1) is 10.3. The zero-order chi connectivity index (χ0) is 16.4. The first-order valence-electron chi connectivity index (χ1n) is 8.46. The van der Waals surface area contributed by atoms with Crippen LogP contribution in [0.25, 0.3) is 0 Å². The Balaban J connectivity index is 2.45. The van der Waals surface area contributed by atoms with Crippen LogP contribution in [-0.2, 0) is 15.6 Å². The van der Waals surface area contributed by atoms with Crippen LogP contribution < -0.4 is 0 Å². The molecule has 0 aliphatic carbocycles. The van der Waals surface area contributed by atoms with E-state index in [9.17, 15) is 0 Å². The van der Waals surface area contributed by atoms with E-state index in [2.05, 4.69) is 39.3 Å². The van der Waals surface area contributed by atoms with Crippen LogP contribution in [0.15, 0.2) is 6.20 Å². The van der Waals surface area contributed by atoms with E-state index in [-0.39, 0.29) is 17.1 Å². The minimum absolute atomic E-state index is 0.0164. The number of ether oxygens (including phenoxy) is 1. The summed E-state index contributed by atoms with van der Waals surface area (Å²) >= 11 is 0. The fraction of sp³-hybridized carbons (Fsp3) is 0.778. The topological polar surface area (TPSA) is 50.9 Å². The highest BCUT2D eigenvalue weighted by atomic mass is 16.5. The van der Waals surface area contributed by atoms with E-state index in [1.807, 2.05) is 6.20 Å². The van der Waals surface area contributed by atoms with Gasteiger partial charge in [-0.3, -0.25) is 0 Å². The molecule has 0 bridgehead atoms. The summed E-state index contributed by atoms with van der Waals surface area (Å²) in [6.07, 6.45) is 8.76. The third-order valence-corrected chi connectivity index (χ3v) is 4.59. The summed E-state index contributed by atoms with van der Waals surface area (Å²) in [6, 6.07) is 0. The molecule has 1 aliphatic heterocycles. The van der Waals surface area contributed by atoms with Gasteiger partial charge in [-0.2, -0.15) is 5.10 Å². The Morgan fingerprint density at radius 3 is 2.59 bits per heavy atom. The monoisotopic (exact) mass is 305 g/mol. The second kappa shape index (κ2) is 6.53. The van der Waals surface area contributed by atoms with Gasteiger partial charge in [-0.05, 0) is 49.3 Å². The molecule has 22 heavy (non-hydrogen) atoms. The third kappa shape index (κ3) is 3.60. The van der Waals surface area contributed by atoms with Gasteiger partial charge in [0.1, 0.15) is 6.23 Å². The molecule has 0 saturated carbocycles. The summed E-state index contributed by atoms with van der Waals surface area (Å²) in [4.78, 5) is 0. The fourth-order valence-electron chi connectivity index (χ4n) is 3.27. The zero-order valence-electron chi connectivity index (χ0n) is 14.8. The largest absolute Gasteiger partial charge is 0.357 e. The molecule has 1 saturated heterocycles. The number of hydrogen-bond donors (Lipinski definition) is 1. The molecule has 0 spiro atoms. The molecule has 1 aromatic heterocycles. The summed E-state index contributed by atoms with van der Waals surface area (Å²) in [6.45, 7) is 12.1. The van der Waals surface area contributed by atoms with Crippen LogP contribution >= 0.6 is 0 Å². The lowest BCUT2D eigenvalue weighted by atomic mass is 9.76. The quantitative estimate of drug-likeness (QED) is 0.809. The molecule has 2 heterocycles. The molecule has 1 aliphatic rings. The Morgan fingerprint density at radius 2 is 2.05 bits per heavy atom. The summed E-state index contributed by atoms with van der Waals surface area (Å²) in [7, 11) is 0.